The summed E-state index contributed by atoms with van der Waals surface area (Å²) in [6, 6.07) is 1.73. The van der Waals surface area contributed by atoms with Crippen molar-refractivity contribution in [3.63, 3.8) is 0 Å². The number of hydroxylamine groups is 2. The zero-order valence-corrected chi connectivity index (χ0v) is 10.8. The van der Waals surface area contributed by atoms with Crippen LogP contribution in [0, 0.1) is 0 Å². The Morgan fingerprint density at radius 3 is 2.83 bits per heavy atom. The first-order valence-corrected chi connectivity index (χ1v) is 5.62. The van der Waals surface area contributed by atoms with Crippen LogP contribution in [0.2, 0.25) is 0 Å². The predicted octanol–water partition coefficient (Wildman–Crippen LogP) is 1.98. The van der Waals surface area contributed by atoms with Gasteiger partial charge in [0.2, 0.25) is 0 Å². The maximum Gasteiger partial charge on any atom is 0.278 e. The average Bonchev–Trinajstić information content (AvgIpc) is 2.79. The van der Waals surface area contributed by atoms with Crippen LogP contribution in [-0.2, 0) is 4.84 Å². The lowest BCUT2D eigenvalue weighted by molar-refractivity contribution is -0.0757. The van der Waals surface area contributed by atoms with E-state index in [1.54, 1.807) is 13.1 Å². The van der Waals surface area contributed by atoms with Crippen molar-refractivity contribution in [2.24, 2.45) is 0 Å². The third kappa shape index (κ3) is 2.06. The highest BCUT2D eigenvalue weighted by Gasteiger charge is 2.17. The van der Waals surface area contributed by atoms with E-state index < -0.39 is 0 Å². The van der Waals surface area contributed by atoms with Crippen molar-refractivity contribution < 1.29 is 14.2 Å². The fourth-order valence-corrected chi connectivity index (χ4v) is 1.65. The molecule has 0 aliphatic rings. The topological polar surface area (TPSA) is 68.5 Å². The van der Waals surface area contributed by atoms with Crippen molar-refractivity contribution in [2.45, 2.75) is 19.8 Å². The van der Waals surface area contributed by atoms with Gasteiger partial charge in [-0.3, -0.25) is 9.63 Å². The van der Waals surface area contributed by atoms with E-state index in [4.69, 9.17) is 9.36 Å². The Kier molecular flexibility index (Phi) is 3.29. The largest absolute Gasteiger partial charge is 0.336 e. The van der Waals surface area contributed by atoms with E-state index in [1.807, 2.05) is 13.8 Å². The second kappa shape index (κ2) is 4.73. The molecule has 0 atom stereocenters. The summed E-state index contributed by atoms with van der Waals surface area (Å²) in [5, 5.41) is 5.88. The lowest BCUT2D eigenvalue weighted by atomic mass is 10.1. The quantitative estimate of drug-likeness (QED) is 0.778. The van der Waals surface area contributed by atoms with Crippen molar-refractivity contribution in [2.75, 3.05) is 14.2 Å². The molecule has 0 aliphatic carbocycles. The number of fused-ring (bicyclic) bond motifs is 1. The molecule has 2 aromatic rings. The molecular weight excluding hydrogens is 234 g/mol. The zero-order valence-electron chi connectivity index (χ0n) is 10.8. The Bertz CT molecular complexity index is 577. The number of carbonyl (C=O) groups excluding carboxylic acids is 1. The second-order valence-electron chi connectivity index (χ2n) is 4.28. The Hall–Kier alpha value is -1.95. The number of hydrogen-bond acceptors (Lipinski definition) is 5. The molecule has 0 N–H and O–H groups in total. The predicted molar refractivity (Wildman–Crippen MR) is 65.0 cm³/mol. The van der Waals surface area contributed by atoms with Crippen molar-refractivity contribution >= 4 is 17.0 Å². The summed E-state index contributed by atoms with van der Waals surface area (Å²) in [4.78, 5) is 20.9. The number of hydrogen-bond donors (Lipinski definition) is 0. The van der Waals surface area contributed by atoms with Gasteiger partial charge in [0.05, 0.1) is 23.8 Å². The van der Waals surface area contributed by atoms with Crippen LogP contribution >= 0.6 is 0 Å². The Morgan fingerprint density at radius 2 is 2.22 bits per heavy atom. The number of amides is 1. The van der Waals surface area contributed by atoms with E-state index >= 15 is 0 Å². The monoisotopic (exact) mass is 249 g/mol. The average molecular weight is 249 g/mol. The van der Waals surface area contributed by atoms with E-state index in [0.29, 0.717) is 11.3 Å². The van der Waals surface area contributed by atoms with Gasteiger partial charge in [-0.15, -0.1) is 0 Å². The normalized spacial score (nSPS) is 11.2. The van der Waals surface area contributed by atoms with Crippen LogP contribution in [0.15, 0.2) is 16.8 Å². The van der Waals surface area contributed by atoms with E-state index in [0.717, 1.165) is 16.1 Å². The Labute approximate surface area is 104 Å². The minimum Gasteiger partial charge on any atom is -0.336 e. The number of nitrogens with zero attached hydrogens (tertiary/aromatic N) is 3. The van der Waals surface area contributed by atoms with Gasteiger partial charge in [-0.2, -0.15) is 0 Å². The SMILES string of the molecule is CON(C)C(=O)c1cnc2onc(C(C)C)c2c1. The molecule has 96 valence electrons. The second-order valence-corrected chi connectivity index (χ2v) is 4.28. The highest BCUT2D eigenvalue weighted by Crippen LogP contribution is 2.24. The third-order valence-electron chi connectivity index (χ3n) is 2.71. The molecule has 0 saturated heterocycles. The van der Waals surface area contributed by atoms with Gasteiger partial charge in [0.15, 0.2) is 0 Å². The van der Waals surface area contributed by atoms with Gasteiger partial charge < -0.3 is 4.52 Å². The highest BCUT2D eigenvalue weighted by atomic mass is 16.7. The van der Waals surface area contributed by atoms with Crippen LogP contribution in [0.4, 0.5) is 0 Å². The molecule has 2 heterocycles. The van der Waals surface area contributed by atoms with Crippen LogP contribution < -0.4 is 0 Å². The van der Waals surface area contributed by atoms with Crippen LogP contribution in [0.1, 0.15) is 35.8 Å². The summed E-state index contributed by atoms with van der Waals surface area (Å²) in [6.45, 7) is 4.01. The number of aromatic nitrogens is 2. The molecule has 6 heteroatoms. The Balaban J connectivity index is 2.48. The van der Waals surface area contributed by atoms with Crippen LogP contribution in [0.5, 0.6) is 0 Å². The first-order valence-electron chi connectivity index (χ1n) is 5.62. The maximum atomic E-state index is 11.9. The van der Waals surface area contributed by atoms with Crippen molar-refractivity contribution in [1.29, 1.82) is 0 Å². The van der Waals surface area contributed by atoms with E-state index in [-0.39, 0.29) is 11.8 Å². The van der Waals surface area contributed by atoms with Gasteiger partial charge in [-0.1, -0.05) is 19.0 Å². The fourth-order valence-electron chi connectivity index (χ4n) is 1.65. The van der Waals surface area contributed by atoms with Crippen LogP contribution in [0.25, 0.3) is 11.1 Å². The number of rotatable bonds is 3. The molecule has 0 spiro atoms. The minimum atomic E-state index is -0.261. The molecule has 6 nitrogen and oxygen atoms in total. The molecule has 0 saturated carbocycles. The Morgan fingerprint density at radius 1 is 1.50 bits per heavy atom. The van der Waals surface area contributed by atoms with Crippen LogP contribution in [-0.4, -0.2) is 35.3 Å². The summed E-state index contributed by atoms with van der Waals surface area (Å²) in [6.07, 6.45) is 1.45. The lowest BCUT2D eigenvalue weighted by Gasteiger charge is -2.13. The van der Waals surface area contributed by atoms with E-state index in [1.165, 1.54) is 13.3 Å². The first kappa shape index (κ1) is 12.5. The van der Waals surface area contributed by atoms with E-state index in [2.05, 4.69) is 10.1 Å². The van der Waals surface area contributed by atoms with Crippen molar-refractivity contribution in [3.8, 4) is 0 Å². The summed E-state index contributed by atoms with van der Waals surface area (Å²) in [5.74, 6) is -0.0543. The van der Waals surface area contributed by atoms with Gasteiger partial charge in [0, 0.05) is 13.2 Å². The molecule has 0 bridgehead atoms. The lowest BCUT2D eigenvalue weighted by Crippen LogP contribution is -2.25. The summed E-state index contributed by atoms with van der Waals surface area (Å²) in [7, 11) is 2.98. The summed E-state index contributed by atoms with van der Waals surface area (Å²) < 4.78 is 5.11. The van der Waals surface area contributed by atoms with Gasteiger partial charge in [0.25, 0.3) is 11.6 Å². The molecule has 1 amide bonds. The molecule has 0 aromatic carbocycles. The van der Waals surface area contributed by atoms with Crippen molar-refractivity contribution in [3.05, 3.63) is 23.5 Å². The standard InChI is InChI=1S/C12H15N3O3/c1-7(2)10-9-5-8(12(16)15(3)17-4)6-13-11(9)18-14-10/h5-7H,1-4H3. The molecule has 2 rings (SSSR count). The third-order valence-corrected chi connectivity index (χ3v) is 2.71. The smallest absolute Gasteiger partial charge is 0.278 e. The summed E-state index contributed by atoms with van der Waals surface area (Å²) >= 11 is 0. The van der Waals surface area contributed by atoms with Crippen molar-refractivity contribution in [1.82, 2.24) is 15.2 Å². The van der Waals surface area contributed by atoms with E-state index in [9.17, 15) is 4.79 Å². The van der Waals surface area contributed by atoms with Gasteiger partial charge in [0.1, 0.15) is 0 Å². The fraction of sp³-hybridized carbons (Fsp3) is 0.417. The highest BCUT2D eigenvalue weighted by molar-refractivity contribution is 5.96. The molecule has 2 aromatic heterocycles. The number of pyridine rings is 1. The molecule has 18 heavy (non-hydrogen) atoms. The molecule has 0 radical (unpaired) electrons. The zero-order chi connectivity index (χ0) is 13.3. The molecule has 0 fully saturated rings. The molecular formula is C12H15N3O3. The van der Waals surface area contributed by atoms with Gasteiger partial charge in [-0.25, -0.2) is 10.0 Å². The van der Waals surface area contributed by atoms with Crippen LogP contribution in [0.3, 0.4) is 0 Å². The van der Waals surface area contributed by atoms with Gasteiger partial charge in [-0.05, 0) is 12.0 Å². The molecule has 0 aliphatic heterocycles. The summed E-state index contributed by atoms with van der Waals surface area (Å²) in [5.41, 5.74) is 1.68. The van der Waals surface area contributed by atoms with Gasteiger partial charge >= 0.3 is 0 Å². The minimum absolute atomic E-state index is 0.207. The maximum absolute atomic E-state index is 11.9. The number of carbonyl (C=O) groups is 1. The molecule has 0 unspecified atom stereocenters. The first-order chi connectivity index (χ1) is 8.54.